The van der Waals surface area contributed by atoms with Crippen molar-refractivity contribution in [2.75, 3.05) is 25.5 Å². The van der Waals surface area contributed by atoms with Crippen LogP contribution < -0.4 is 5.32 Å². The van der Waals surface area contributed by atoms with Gasteiger partial charge >= 0.3 is 0 Å². The fraction of sp³-hybridized carbons (Fsp3) is 0.294. The Morgan fingerprint density at radius 2 is 1.79 bits per heavy atom. The number of ether oxygens (including phenoxy) is 2. The number of phenolic OH excluding ortho intramolecular Hbond substituents is 1. The zero-order chi connectivity index (χ0) is 30.3. The molecule has 3 aromatic carbocycles. The van der Waals surface area contributed by atoms with Crippen molar-refractivity contribution >= 4 is 11.6 Å². The van der Waals surface area contributed by atoms with E-state index in [0.717, 1.165) is 16.7 Å². The van der Waals surface area contributed by atoms with Crippen LogP contribution in [0.4, 0.5) is 5.69 Å². The van der Waals surface area contributed by atoms with Gasteiger partial charge in [0.05, 0.1) is 30.5 Å². The SMILES string of the molecule is CC1C(CN(C)CC(O)c2cccc(O)c2)OC(c2cccc(NC(=O)c3cccnc3)c2)OC1c1ccc(CO)cc1. The highest BCUT2D eigenvalue weighted by atomic mass is 16.7. The summed E-state index contributed by atoms with van der Waals surface area (Å²) in [5, 5.41) is 33.1. The van der Waals surface area contributed by atoms with Crippen molar-refractivity contribution in [1.29, 1.82) is 0 Å². The number of phenols is 1. The second-order valence-electron chi connectivity index (χ2n) is 11.0. The zero-order valence-corrected chi connectivity index (χ0v) is 24.2. The van der Waals surface area contributed by atoms with Crippen molar-refractivity contribution < 1.29 is 29.6 Å². The third-order valence-corrected chi connectivity index (χ3v) is 7.69. The lowest BCUT2D eigenvalue weighted by atomic mass is 9.90. The van der Waals surface area contributed by atoms with Crippen LogP contribution in [-0.4, -0.2) is 57.4 Å². The number of aromatic nitrogens is 1. The van der Waals surface area contributed by atoms with Gasteiger partial charge < -0.3 is 35.0 Å². The number of aromatic hydroxyl groups is 1. The first kappa shape index (κ1) is 30.3. The van der Waals surface area contributed by atoms with Crippen molar-refractivity contribution in [2.45, 2.75) is 38.1 Å². The standard InChI is InChI=1S/C34H37N3O6/c1-22-31(20-37(2)19-30(40)25-6-4-10-29(39)17-25)42-34(43-32(22)24-13-11-23(21-38)12-14-24)26-7-3-9-28(16-26)36-33(41)27-8-5-15-35-18-27/h3-18,22,30-32,34,38-40H,19-21H2,1-2H3,(H,36,41). The maximum atomic E-state index is 12.7. The molecule has 9 heteroatoms. The van der Waals surface area contributed by atoms with Gasteiger partial charge in [-0.2, -0.15) is 0 Å². The topological polar surface area (TPSA) is 124 Å². The van der Waals surface area contributed by atoms with Gasteiger partial charge in [0.2, 0.25) is 0 Å². The lowest BCUT2D eigenvalue weighted by Crippen LogP contribution is -2.44. The molecule has 0 aliphatic carbocycles. The Morgan fingerprint density at radius 3 is 2.51 bits per heavy atom. The van der Waals surface area contributed by atoms with Gasteiger partial charge in [-0.3, -0.25) is 9.78 Å². The van der Waals surface area contributed by atoms with Crippen LogP contribution >= 0.6 is 0 Å². The molecule has 5 rings (SSSR count). The van der Waals surface area contributed by atoms with Gasteiger partial charge in [-0.25, -0.2) is 0 Å². The Hall–Kier alpha value is -4.12. The molecule has 1 fully saturated rings. The molecular weight excluding hydrogens is 546 g/mol. The van der Waals surface area contributed by atoms with Crippen LogP contribution in [0.25, 0.3) is 0 Å². The van der Waals surface area contributed by atoms with Crippen LogP contribution in [0.15, 0.2) is 97.3 Å². The third kappa shape index (κ3) is 7.64. The second kappa shape index (κ2) is 13.9. The molecule has 224 valence electrons. The molecule has 0 bridgehead atoms. The van der Waals surface area contributed by atoms with Crippen LogP contribution in [0.3, 0.4) is 0 Å². The Kier molecular flexibility index (Phi) is 9.81. The molecule has 5 unspecified atom stereocenters. The highest BCUT2D eigenvalue weighted by Gasteiger charge is 2.39. The van der Waals surface area contributed by atoms with E-state index in [-0.39, 0.29) is 36.4 Å². The number of carbonyl (C=O) groups excluding carboxylic acids is 1. The highest BCUT2D eigenvalue weighted by molar-refractivity contribution is 6.04. The van der Waals surface area contributed by atoms with Crippen LogP contribution in [0.1, 0.15) is 58.0 Å². The number of hydrogen-bond donors (Lipinski definition) is 4. The lowest BCUT2D eigenvalue weighted by molar-refractivity contribution is -0.276. The number of benzene rings is 3. The normalized spacial score (nSPS) is 21.0. The van der Waals surface area contributed by atoms with E-state index in [2.05, 4.69) is 17.2 Å². The number of nitrogens with one attached hydrogen (secondary N) is 1. The molecule has 0 saturated carbocycles. The average Bonchev–Trinajstić information content (AvgIpc) is 3.02. The van der Waals surface area contributed by atoms with E-state index in [9.17, 15) is 20.1 Å². The first-order valence-corrected chi connectivity index (χ1v) is 14.3. The summed E-state index contributed by atoms with van der Waals surface area (Å²) in [6.45, 7) is 2.89. The molecule has 1 amide bonds. The van der Waals surface area contributed by atoms with Gasteiger partial charge in [0.15, 0.2) is 6.29 Å². The van der Waals surface area contributed by atoms with Crippen molar-refractivity contribution in [1.82, 2.24) is 9.88 Å². The smallest absolute Gasteiger partial charge is 0.257 e. The predicted octanol–water partition coefficient (Wildman–Crippen LogP) is 4.99. The van der Waals surface area contributed by atoms with Crippen LogP contribution in [-0.2, 0) is 16.1 Å². The number of hydrogen-bond acceptors (Lipinski definition) is 8. The molecule has 1 aromatic heterocycles. The van der Waals surface area contributed by atoms with Crippen molar-refractivity contribution in [3.63, 3.8) is 0 Å². The van der Waals surface area contributed by atoms with E-state index < -0.39 is 12.4 Å². The van der Waals surface area contributed by atoms with Gasteiger partial charge in [-0.05, 0) is 60.1 Å². The number of nitrogens with zero attached hydrogens (tertiary/aromatic N) is 2. The van der Waals surface area contributed by atoms with E-state index >= 15 is 0 Å². The van der Waals surface area contributed by atoms with E-state index in [0.29, 0.717) is 29.9 Å². The van der Waals surface area contributed by atoms with Crippen molar-refractivity contribution in [3.05, 3.63) is 125 Å². The minimum absolute atomic E-state index is 0.0421. The number of likely N-dealkylation sites (N-methyl/N-ethyl adjacent to an activating group) is 1. The van der Waals surface area contributed by atoms with Gasteiger partial charge in [-0.1, -0.05) is 55.5 Å². The van der Waals surface area contributed by atoms with E-state index in [4.69, 9.17) is 9.47 Å². The summed E-state index contributed by atoms with van der Waals surface area (Å²) in [4.78, 5) is 18.8. The molecule has 4 N–H and O–H groups in total. The minimum Gasteiger partial charge on any atom is -0.508 e. The predicted molar refractivity (Wildman–Crippen MR) is 162 cm³/mol. The monoisotopic (exact) mass is 583 g/mol. The summed E-state index contributed by atoms with van der Waals surface area (Å²) >= 11 is 0. The second-order valence-corrected chi connectivity index (χ2v) is 11.0. The minimum atomic E-state index is -0.787. The van der Waals surface area contributed by atoms with Crippen LogP contribution in [0, 0.1) is 5.92 Å². The summed E-state index contributed by atoms with van der Waals surface area (Å²) in [6, 6.07) is 25.1. The zero-order valence-electron chi connectivity index (χ0n) is 24.2. The molecule has 1 aliphatic heterocycles. The molecule has 2 heterocycles. The van der Waals surface area contributed by atoms with E-state index in [1.54, 1.807) is 42.6 Å². The fourth-order valence-electron chi connectivity index (χ4n) is 5.31. The summed E-state index contributed by atoms with van der Waals surface area (Å²) in [6.07, 6.45) is 1.04. The average molecular weight is 584 g/mol. The largest absolute Gasteiger partial charge is 0.508 e. The summed E-state index contributed by atoms with van der Waals surface area (Å²) in [7, 11) is 1.92. The Balaban J connectivity index is 1.36. The molecule has 1 saturated heterocycles. The fourth-order valence-corrected chi connectivity index (χ4v) is 5.31. The van der Waals surface area contributed by atoms with Crippen LogP contribution in [0.5, 0.6) is 5.75 Å². The summed E-state index contributed by atoms with van der Waals surface area (Å²) in [5.74, 6) is -0.210. The van der Waals surface area contributed by atoms with Gasteiger partial charge in [-0.15, -0.1) is 0 Å². The first-order valence-electron chi connectivity index (χ1n) is 14.3. The number of pyridine rings is 1. The Labute approximate surface area is 251 Å². The molecule has 43 heavy (non-hydrogen) atoms. The van der Waals surface area contributed by atoms with Crippen LogP contribution in [0.2, 0.25) is 0 Å². The number of rotatable bonds is 10. The first-order chi connectivity index (χ1) is 20.8. The molecular formula is C34H37N3O6. The molecule has 0 radical (unpaired) electrons. The van der Waals surface area contributed by atoms with E-state index in [1.807, 2.05) is 60.5 Å². The molecule has 4 aromatic rings. The van der Waals surface area contributed by atoms with Crippen molar-refractivity contribution in [2.24, 2.45) is 5.92 Å². The quantitative estimate of drug-likeness (QED) is 0.206. The molecule has 0 spiro atoms. The number of amides is 1. The third-order valence-electron chi connectivity index (χ3n) is 7.69. The maximum absolute atomic E-state index is 12.7. The summed E-state index contributed by atoms with van der Waals surface area (Å²) in [5.41, 5.74) is 4.22. The molecule has 9 nitrogen and oxygen atoms in total. The number of carbonyl (C=O) groups is 1. The number of aliphatic hydroxyl groups is 2. The van der Waals surface area contributed by atoms with Crippen molar-refractivity contribution in [3.8, 4) is 5.75 Å². The van der Waals surface area contributed by atoms with Gasteiger partial charge in [0.25, 0.3) is 5.91 Å². The highest BCUT2D eigenvalue weighted by Crippen LogP contribution is 2.42. The summed E-state index contributed by atoms with van der Waals surface area (Å²) < 4.78 is 13.1. The number of aliphatic hydroxyl groups excluding tert-OH is 2. The molecule has 1 aliphatic rings. The van der Waals surface area contributed by atoms with Gasteiger partial charge in [0, 0.05) is 42.7 Å². The molecule has 5 atom stereocenters. The Bertz CT molecular complexity index is 1500. The van der Waals surface area contributed by atoms with E-state index in [1.165, 1.54) is 6.20 Å². The number of anilines is 1. The maximum Gasteiger partial charge on any atom is 0.257 e. The lowest BCUT2D eigenvalue weighted by Gasteiger charge is -2.42. The van der Waals surface area contributed by atoms with Gasteiger partial charge in [0.1, 0.15) is 5.75 Å². The Morgan fingerprint density at radius 1 is 1.00 bits per heavy atom.